The summed E-state index contributed by atoms with van der Waals surface area (Å²) in [5.41, 5.74) is 0.422. The molecule has 1 saturated heterocycles. The summed E-state index contributed by atoms with van der Waals surface area (Å²) in [5, 5.41) is 11.0. The summed E-state index contributed by atoms with van der Waals surface area (Å²) in [7, 11) is 0. The van der Waals surface area contributed by atoms with E-state index < -0.39 is 17.7 Å². The maximum atomic E-state index is 12.9. The normalized spacial score (nSPS) is 18.4. The van der Waals surface area contributed by atoms with E-state index in [1.165, 1.54) is 4.90 Å². The van der Waals surface area contributed by atoms with Crippen molar-refractivity contribution >= 4 is 17.4 Å². The second kappa shape index (κ2) is 9.17. The van der Waals surface area contributed by atoms with Crippen molar-refractivity contribution in [2.45, 2.75) is 39.8 Å². The van der Waals surface area contributed by atoms with Gasteiger partial charge in [0.1, 0.15) is 29.1 Å². The van der Waals surface area contributed by atoms with E-state index in [4.69, 9.17) is 13.9 Å². The van der Waals surface area contributed by atoms with Crippen LogP contribution in [0.5, 0.6) is 5.75 Å². The van der Waals surface area contributed by atoms with Gasteiger partial charge in [-0.2, -0.15) is 0 Å². The third-order valence-electron chi connectivity index (χ3n) is 4.79. The largest absolute Gasteiger partial charge is 0.507 e. The highest BCUT2D eigenvalue weighted by atomic mass is 16.5. The smallest absolute Gasteiger partial charge is 0.295 e. The monoisotopic (exact) mass is 413 g/mol. The van der Waals surface area contributed by atoms with Crippen molar-refractivity contribution in [3.8, 4) is 5.75 Å². The fourth-order valence-corrected chi connectivity index (χ4v) is 3.42. The number of hydrogen-bond donors (Lipinski definition) is 1. The molecular weight excluding hydrogens is 386 g/mol. The lowest BCUT2D eigenvalue weighted by Gasteiger charge is -2.23. The molecular formula is C23H27NO6. The Kier molecular flexibility index (Phi) is 6.62. The quantitative estimate of drug-likeness (QED) is 0.402. The Morgan fingerprint density at radius 2 is 1.87 bits per heavy atom. The molecule has 0 radical (unpaired) electrons. The lowest BCUT2D eigenvalue weighted by atomic mass is 9.99. The molecule has 1 aliphatic rings. The first kappa shape index (κ1) is 21.6. The average molecular weight is 413 g/mol. The van der Waals surface area contributed by atoms with Crippen LogP contribution in [0, 0.1) is 6.92 Å². The van der Waals surface area contributed by atoms with E-state index in [2.05, 4.69) is 0 Å². The van der Waals surface area contributed by atoms with Gasteiger partial charge in [0.25, 0.3) is 11.7 Å². The van der Waals surface area contributed by atoms with Gasteiger partial charge in [0.2, 0.25) is 0 Å². The molecule has 0 aliphatic carbocycles. The van der Waals surface area contributed by atoms with Crippen LogP contribution in [0.15, 0.2) is 46.4 Å². The van der Waals surface area contributed by atoms with Crippen LogP contribution in [0.4, 0.5) is 0 Å². The van der Waals surface area contributed by atoms with Crippen molar-refractivity contribution in [3.05, 3.63) is 59.1 Å². The molecule has 30 heavy (non-hydrogen) atoms. The predicted octanol–water partition coefficient (Wildman–Crippen LogP) is 3.83. The molecule has 160 valence electrons. The van der Waals surface area contributed by atoms with Crippen LogP contribution >= 0.6 is 0 Å². The van der Waals surface area contributed by atoms with Gasteiger partial charge in [-0.1, -0.05) is 0 Å². The zero-order chi connectivity index (χ0) is 21.8. The van der Waals surface area contributed by atoms with Gasteiger partial charge in [-0.25, -0.2) is 0 Å². The number of ketones is 1. The van der Waals surface area contributed by atoms with Crippen molar-refractivity contribution in [1.29, 1.82) is 0 Å². The molecule has 3 rings (SSSR count). The number of furan rings is 1. The van der Waals surface area contributed by atoms with Crippen molar-refractivity contribution < 1.29 is 28.6 Å². The highest BCUT2D eigenvalue weighted by Crippen LogP contribution is 2.40. The molecule has 1 aromatic heterocycles. The van der Waals surface area contributed by atoms with Crippen molar-refractivity contribution in [3.63, 3.8) is 0 Å². The van der Waals surface area contributed by atoms with E-state index in [1.807, 2.05) is 20.8 Å². The lowest BCUT2D eigenvalue weighted by Crippen LogP contribution is -2.33. The molecule has 0 bridgehead atoms. The Morgan fingerprint density at radius 1 is 1.17 bits per heavy atom. The minimum atomic E-state index is -0.818. The number of amides is 1. The Bertz CT molecular complexity index is 941. The molecule has 7 nitrogen and oxygen atoms in total. The molecule has 1 N–H and O–H groups in total. The van der Waals surface area contributed by atoms with Crippen LogP contribution in [-0.2, 0) is 14.3 Å². The summed E-state index contributed by atoms with van der Waals surface area (Å²) in [5.74, 6) is 0.0407. The third kappa shape index (κ3) is 4.41. The zero-order valence-corrected chi connectivity index (χ0v) is 17.7. The molecule has 1 unspecified atom stereocenters. The number of hydrogen-bond acceptors (Lipinski definition) is 6. The van der Waals surface area contributed by atoms with E-state index >= 15 is 0 Å². The maximum Gasteiger partial charge on any atom is 0.295 e. The number of likely N-dealkylation sites (tertiary alicyclic amines) is 1. The number of Topliss-reactive ketones (excluding diaryl/α,β-unsaturated/α-hetero) is 1. The van der Waals surface area contributed by atoms with Crippen molar-refractivity contribution in [2.24, 2.45) is 0 Å². The van der Waals surface area contributed by atoms with Gasteiger partial charge in [-0.05, 0) is 64.1 Å². The molecule has 1 fully saturated rings. The number of aliphatic hydroxyl groups excluding tert-OH is 1. The summed E-state index contributed by atoms with van der Waals surface area (Å²) in [6, 6.07) is 9.37. The molecule has 1 aliphatic heterocycles. The number of benzene rings is 1. The molecule has 0 spiro atoms. The maximum absolute atomic E-state index is 12.9. The van der Waals surface area contributed by atoms with Gasteiger partial charge in [-0.3, -0.25) is 9.59 Å². The van der Waals surface area contributed by atoms with Gasteiger partial charge in [0, 0.05) is 12.1 Å². The molecule has 2 aromatic rings. The topological polar surface area (TPSA) is 89.2 Å². The fraction of sp³-hybridized carbons (Fsp3) is 0.391. The van der Waals surface area contributed by atoms with E-state index in [9.17, 15) is 14.7 Å². The zero-order valence-electron chi connectivity index (χ0n) is 17.7. The van der Waals surface area contributed by atoms with Crippen LogP contribution in [0.3, 0.4) is 0 Å². The highest BCUT2D eigenvalue weighted by Gasteiger charge is 2.47. The standard InChI is InChI=1S/C23H27NO6/c1-5-28-17-9-7-16(8-10-17)21(25)19-20(18-11-6-15(4)30-18)24(23(27)22(19)26)12-13-29-14(2)3/h6-11,14,20,25H,5,12-13H2,1-4H3/b21-19-. The number of carbonyl (C=O) groups excluding carboxylic acids is 2. The molecule has 7 heteroatoms. The fourth-order valence-electron chi connectivity index (χ4n) is 3.42. The Hall–Kier alpha value is -3.06. The summed E-state index contributed by atoms with van der Waals surface area (Å²) >= 11 is 0. The summed E-state index contributed by atoms with van der Waals surface area (Å²) in [4.78, 5) is 27.0. The highest BCUT2D eigenvalue weighted by molar-refractivity contribution is 6.46. The summed E-state index contributed by atoms with van der Waals surface area (Å²) in [6.07, 6.45) is -0.00465. The van der Waals surface area contributed by atoms with Crippen molar-refractivity contribution in [1.82, 2.24) is 4.90 Å². The summed E-state index contributed by atoms with van der Waals surface area (Å²) in [6.45, 7) is 8.44. The minimum Gasteiger partial charge on any atom is -0.507 e. The molecule has 1 amide bonds. The Morgan fingerprint density at radius 3 is 2.43 bits per heavy atom. The van der Waals surface area contributed by atoms with Gasteiger partial charge in [0.15, 0.2) is 0 Å². The number of aliphatic hydroxyl groups is 1. The Balaban J connectivity index is 2.02. The second-order valence-electron chi connectivity index (χ2n) is 7.32. The third-order valence-corrected chi connectivity index (χ3v) is 4.79. The van der Waals surface area contributed by atoms with Gasteiger partial charge in [-0.15, -0.1) is 0 Å². The van der Waals surface area contributed by atoms with Crippen molar-refractivity contribution in [2.75, 3.05) is 19.8 Å². The van der Waals surface area contributed by atoms with Gasteiger partial charge < -0.3 is 23.9 Å². The SMILES string of the molecule is CCOc1ccc(/C(O)=C2/C(=O)C(=O)N(CCOC(C)C)C2c2ccc(C)o2)cc1. The predicted molar refractivity (Wildman–Crippen MR) is 111 cm³/mol. The molecule has 1 atom stereocenters. The van der Waals surface area contributed by atoms with Crippen LogP contribution in [-0.4, -0.2) is 47.6 Å². The lowest BCUT2D eigenvalue weighted by molar-refractivity contribution is -0.140. The first-order valence-corrected chi connectivity index (χ1v) is 10.0. The first-order valence-electron chi connectivity index (χ1n) is 10.0. The Labute approximate surface area is 175 Å². The minimum absolute atomic E-state index is 0.00283. The van der Waals surface area contributed by atoms with E-state index in [-0.39, 0.29) is 30.6 Å². The number of aryl methyl sites for hydroxylation is 1. The van der Waals surface area contributed by atoms with Crippen LogP contribution in [0.25, 0.3) is 5.76 Å². The first-order chi connectivity index (χ1) is 14.3. The average Bonchev–Trinajstić information content (AvgIpc) is 3.24. The number of nitrogens with zero attached hydrogens (tertiary/aromatic N) is 1. The van der Waals surface area contributed by atoms with Crippen LogP contribution < -0.4 is 4.74 Å². The molecule has 0 saturated carbocycles. The summed E-state index contributed by atoms with van der Waals surface area (Å²) < 4.78 is 16.7. The van der Waals surface area contributed by atoms with E-state index in [0.717, 1.165) is 0 Å². The van der Waals surface area contributed by atoms with Gasteiger partial charge in [0.05, 0.1) is 24.9 Å². The molecule has 2 heterocycles. The number of carbonyl (C=O) groups is 2. The van der Waals surface area contributed by atoms with E-state index in [1.54, 1.807) is 43.3 Å². The van der Waals surface area contributed by atoms with Crippen LogP contribution in [0.1, 0.15) is 43.9 Å². The van der Waals surface area contributed by atoms with E-state index in [0.29, 0.717) is 29.4 Å². The number of ether oxygens (including phenoxy) is 2. The number of rotatable bonds is 8. The molecule has 1 aromatic carbocycles. The second-order valence-corrected chi connectivity index (χ2v) is 7.32. The van der Waals surface area contributed by atoms with Gasteiger partial charge >= 0.3 is 0 Å². The van der Waals surface area contributed by atoms with Crippen LogP contribution in [0.2, 0.25) is 0 Å².